The SMILES string of the molecule is C/C=C\c1c(CC)cccc1-c1cc(-c2ccc(-c3ccc(C)nc3)cc2)cc(-c2nc(-c3ccccc3)nc(-c3ccccc3)n2)c1. The molecule has 0 saturated carbocycles. The summed E-state index contributed by atoms with van der Waals surface area (Å²) in [5, 5.41) is 0. The van der Waals surface area contributed by atoms with Crippen LogP contribution in [0.4, 0.5) is 0 Å². The van der Waals surface area contributed by atoms with Crippen molar-refractivity contribution < 1.29 is 0 Å². The van der Waals surface area contributed by atoms with Gasteiger partial charge in [-0.2, -0.15) is 0 Å². The van der Waals surface area contributed by atoms with Crippen molar-refractivity contribution in [2.24, 2.45) is 0 Å². The maximum absolute atomic E-state index is 5.08. The third-order valence-electron chi connectivity index (χ3n) is 8.58. The van der Waals surface area contributed by atoms with Gasteiger partial charge in [-0.3, -0.25) is 4.98 Å². The second-order valence-corrected chi connectivity index (χ2v) is 11.8. The lowest BCUT2D eigenvalue weighted by atomic mass is 9.90. The maximum Gasteiger partial charge on any atom is 0.164 e. The van der Waals surface area contributed by atoms with Gasteiger partial charge in [0.1, 0.15) is 0 Å². The lowest BCUT2D eigenvalue weighted by molar-refractivity contribution is 1.07. The summed E-state index contributed by atoms with van der Waals surface area (Å²) in [6.07, 6.45) is 7.21. The molecule has 0 unspecified atom stereocenters. The average molecular weight is 621 g/mol. The van der Waals surface area contributed by atoms with E-state index < -0.39 is 0 Å². The molecule has 0 aliphatic heterocycles. The predicted octanol–water partition coefficient (Wildman–Crippen LogP) is 11.2. The van der Waals surface area contributed by atoms with Crippen LogP contribution in [0.2, 0.25) is 0 Å². The van der Waals surface area contributed by atoms with Crippen LogP contribution in [0.25, 0.3) is 73.6 Å². The van der Waals surface area contributed by atoms with E-state index in [0.717, 1.165) is 56.6 Å². The molecule has 48 heavy (non-hydrogen) atoms. The molecule has 0 bridgehead atoms. The van der Waals surface area contributed by atoms with E-state index in [0.29, 0.717) is 17.5 Å². The lowest BCUT2D eigenvalue weighted by Gasteiger charge is -2.15. The highest BCUT2D eigenvalue weighted by molar-refractivity contribution is 5.85. The van der Waals surface area contributed by atoms with Gasteiger partial charge in [-0.25, -0.2) is 15.0 Å². The van der Waals surface area contributed by atoms with Crippen molar-refractivity contribution in [3.8, 4) is 67.5 Å². The summed E-state index contributed by atoms with van der Waals surface area (Å²) >= 11 is 0. The van der Waals surface area contributed by atoms with Gasteiger partial charge in [-0.1, -0.05) is 128 Å². The highest BCUT2D eigenvalue weighted by Crippen LogP contribution is 2.36. The second-order valence-electron chi connectivity index (χ2n) is 11.8. The molecule has 0 aliphatic rings. The smallest absolute Gasteiger partial charge is 0.164 e. The van der Waals surface area contributed by atoms with Crippen LogP contribution in [0.15, 0.2) is 146 Å². The molecule has 2 heterocycles. The lowest BCUT2D eigenvalue weighted by Crippen LogP contribution is -2.00. The largest absolute Gasteiger partial charge is 0.261 e. The van der Waals surface area contributed by atoms with Gasteiger partial charge in [0, 0.05) is 34.1 Å². The molecule has 7 rings (SSSR count). The number of allylic oxidation sites excluding steroid dienone is 1. The van der Waals surface area contributed by atoms with Crippen molar-refractivity contribution in [2.45, 2.75) is 27.2 Å². The van der Waals surface area contributed by atoms with Gasteiger partial charge in [0.15, 0.2) is 17.5 Å². The monoisotopic (exact) mass is 620 g/mol. The zero-order chi connectivity index (χ0) is 32.9. The number of hydrogen-bond donors (Lipinski definition) is 0. The Balaban J connectivity index is 1.44. The van der Waals surface area contributed by atoms with Crippen LogP contribution >= 0.6 is 0 Å². The summed E-state index contributed by atoms with van der Waals surface area (Å²) in [6.45, 7) is 6.29. The first-order chi connectivity index (χ1) is 23.6. The summed E-state index contributed by atoms with van der Waals surface area (Å²) in [4.78, 5) is 19.6. The van der Waals surface area contributed by atoms with Crippen LogP contribution in [-0.4, -0.2) is 19.9 Å². The Labute approximate surface area is 282 Å². The third kappa shape index (κ3) is 6.47. The van der Waals surface area contributed by atoms with Crippen LogP contribution in [0, 0.1) is 6.92 Å². The molecule has 7 aromatic rings. The average Bonchev–Trinajstić information content (AvgIpc) is 3.16. The number of benzene rings is 5. The Morgan fingerprint density at radius 3 is 1.60 bits per heavy atom. The number of hydrogen-bond acceptors (Lipinski definition) is 4. The highest BCUT2D eigenvalue weighted by atomic mass is 15.0. The van der Waals surface area contributed by atoms with Gasteiger partial charge in [0.2, 0.25) is 0 Å². The molecule has 5 aromatic carbocycles. The van der Waals surface area contributed by atoms with E-state index >= 15 is 0 Å². The number of rotatable bonds is 8. The molecular formula is C44H36N4. The van der Waals surface area contributed by atoms with Crippen molar-refractivity contribution in [1.82, 2.24) is 19.9 Å². The summed E-state index contributed by atoms with van der Waals surface area (Å²) in [5.74, 6) is 1.92. The Morgan fingerprint density at radius 1 is 0.500 bits per heavy atom. The fourth-order valence-electron chi connectivity index (χ4n) is 6.05. The zero-order valence-corrected chi connectivity index (χ0v) is 27.4. The number of aryl methyl sites for hydroxylation is 2. The van der Waals surface area contributed by atoms with Crippen LogP contribution in [-0.2, 0) is 6.42 Å². The standard InChI is InChI=1S/C44H36N4/c1-4-13-40-31(5-2)18-12-19-41(40)38-26-37(33-24-22-32(23-25-33)36-21-20-30(3)45-29-36)27-39(28-38)44-47-42(34-14-8-6-9-15-34)46-43(48-44)35-16-10-7-11-17-35/h4,6-29H,5H2,1-3H3/b13-4-. The Hall–Kier alpha value is -6.00. The molecule has 4 nitrogen and oxygen atoms in total. The minimum absolute atomic E-state index is 0.632. The molecular weight excluding hydrogens is 585 g/mol. The topological polar surface area (TPSA) is 51.6 Å². The molecule has 0 aliphatic carbocycles. The van der Waals surface area contributed by atoms with E-state index in [4.69, 9.17) is 15.0 Å². The normalized spacial score (nSPS) is 11.2. The zero-order valence-electron chi connectivity index (χ0n) is 27.4. The number of pyridine rings is 1. The van der Waals surface area contributed by atoms with Gasteiger partial charge in [-0.05, 0) is 83.5 Å². The molecule has 0 fully saturated rings. The number of nitrogens with zero attached hydrogens (tertiary/aromatic N) is 4. The van der Waals surface area contributed by atoms with Gasteiger partial charge < -0.3 is 0 Å². The van der Waals surface area contributed by atoms with Crippen LogP contribution < -0.4 is 0 Å². The van der Waals surface area contributed by atoms with E-state index in [1.54, 1.807) is 0 Å². The molecule has 4 heteroatoms. The van der Waals surface area contributed by atoms with Crippen LogP contribution in [0.1, 0.15) is 30.7 Å². The Kier molecular flexibility index (Phi) is 8.80. The predicted molar refractivity (Wildman–Crippen MR) is 199 cm³/mol. The van der Waals surface area contributed by atoms with Crippen molar-refractivity contribution >= 4 is 6.08 Å². The summed E-state index contributed by atoms with van der Waals surface area (Å²) in [5.41, 5.74) is 13.1. The molecule has 0 N–H and O–H groups in total. The maximum atomic E-state index is 5.08. The molecule has 232 valence electrons. The highest BCUT2D eigenvalue weighted by Gasteiger charge is 2.16. The van der Waals surface area contributed by atoms with Crippen LogP contribution in [0.5, 0.6) is 0 Å². The van der Waals surface area contributed by atoms with E-state index in [9.17, 15) is 0 Å². The van der Waals surface area contributed by atoms with Crippen LogP contribution in [0.3, 0.4) is 0 Å². The van der Waals surface area contributed by atoms with Crippen molar-refractivity contribution in [3.63, 3.8) is 0 Å². The van der Waals surface area contributed by atoms with Crippen molar-refractivity contribution in [1.29, 1.82) is 0 Å². The molecule has 0 radical (unpaired) electrons. The third-order valence-corrected chi connectivity index (χ3v) is 8.58. The van der Waals surface area contributed by atoms with Gasteiger partial charge >= 0.3 is 0 Å². The minimum Gasteiger partial charge on any atom is -0.261 e. The molecule has 0 spiro atoms. The first-order valence-corrected chi connectivity index (χ1v) is 16.4. The Bertz CT molecular complexity index is 2150. The Morgan fingerprint density at radius 2 is 1.04 bits per heavy atom. The summed E-state index contributed by atoms with van der Waals surface area (Å²) in [7, 11) is 0. The van der Waals surface area contributed by atoms with E-state index in [2.05, 4.69) is 97.7 Å². The summed E-state index contributed by atoms with van der Waals surface area (Å²) < 4.78 is 0. The molecule has 2 aromatic heterocycles. The minimum atomic E-state index is 0.632. The van der Waals surface area contributed by atoms with Crippen molar-refractivity contribution in [2.75, 3.05) is 0 Å². The fourth-order valence-corrected chi connectivity index (χ4v) is 6.05. The summed E-state index contributed by atoms with van der Waals surface area (Å²) in [6, 6.07) is 46.4. The van der Waals surface area contributed by atoms with E-state index in [1.807, 2.05) is 79.9 Å². The van der Waals surface area contributed by atoms with E-state index in [1.165, 1.54) is 16.7 Å². The number of aromatic nitrogens is 4. The molecule has 0 amide bonds. The molecule has 0 atom stereocenters. The second kappa shape index (κ2) is 13.8. The van der Waals surface area contributed by atoms with E-state index in [-0.39, 0.29) is 0 Å². The van der Waals surface area contributed by atoms with Gasteiger partial charge in [-0.15, -0.1) is 0 Å². The first-order valence-electron chi connectivity index (χ1n) is 16.4. The molecule has 0 saturated heterocycles. The first kappa shape index (κ1) is 30.6. The quantitative estimate of drug-likeness (QED) is 0.170. The van der Waals surface area contributed by atoms with Gasteiger partial charge in [0.05, 0.1) is 0 Å². The fraction of sp³-hybridized carbons (Fsp3) is 0.0909. The van der Waals surface area contributed by atoms with Crippen molar-refractivity contribution in [3.05, 3.63) is 163 Å². The van der Waals surface area contributed by atoms with Gasteiger partial charge in [0.25, 0.3) is 0 Å².